The lowest BCUT2D eigenvalue weighted by molar-refractivity contribution is -0.121. The molecule has 0 atom stereocenters. The van der Waals surface area contributed by atoms with Crippen molar-refractivity contribution in [3.63, 3.8) is 0 Å². The number of carbonyl (C=O) groups is 3. The molecule has 0 unspecified atom stereocenters. The number of halogens is 1. The molecule has 2 aromatic rings. The van der Waals surface area contributed by atoms with Gasteiger partial charge in [-0.05, 0) is 73.7 Å². The summed E-state index contributed by atoms with van der Waals surface area (Å²) in [5.41, 5.74) is 1.39. The number of alkyl halides is 1. The summed E-state index contributed by atoms with van der Waals surface area (Å²) < 4.78 is 16.9. The van der Waals surface area contributed by atoms with Gasteiger partial charge in [-0.2, -0.15) is 0 Å². The van der Waals surface area contributed by atoms with E-state index in [4.69, 9.17) is 25.5 Å². The molecule has 1 heterocycles. The van der Waals surface area contributed by atoms with Crippen LogP contribution in [0, 0.1) is 0 Å². The number of ether oxygens (including phenoxy) is 2. The number of carbonyl (C=O) groups excluding carboxylic acids is 2. The number of hydrogen-bond acceptors (Lipinski definition) is 8. The molecule has 1 aliphatic carbocycles. The standard InChI is InChI=1S/C37H43ClN2O9/c38-15-5-1-2-7-18-47-20-21-48-19-17-39-34(43)8-4-3-6-16-40-36(44)25-9-12-28(37(45)46)31(22-25)35-29-13-10-26(41)23-32(29)49-33-24-27(42)11-14-30(33)35/h9-14,22-24,41H,1-8,15-21H2,(H,39,43)(H,40,44)(H,45,46). The van der Waals surface area contributed by atoms with Gasteiger partial charge in [-0.15, -0.1) is 11.6 Å². The van der Waals surface area contributed by atoms with Crippen LogP contribution in [0.2, 0.25) is 0 Å². The van der Waals surface area contributed by atoms with E-state index in [1.165, 1.54) is 42.5 Å². The van der Waals surface area contributed by atoms with Crippen LogP contribution >= 0.6 is 11.6 Å². The number of rotatable bonds is 21. The van der Waals surface area contributed by atoms with Crippen molar-refractivity contribution in [2.24, 2.45) is 0 Å². The van der Waals surface area contributed by atoms with Crippen LogP contribution in [0.3, 0.4) is 0 Å². The molecule has 262 valence electrons. The zero-order valence-corrected chi connectivity index (χ0v) is 28.2. The summed E-state index contributed by atoms with van der Waals surface area (Å²) in [5, 5.41) is 26.3. The molecule has 0 spiro atoms. The number of aromatic carboxylic acids is 1. The van der Waals surface area contributed by atoms with Crippen LogP contribution in [0.25, 0.3) is 33.4 Å². The van der Waals surface area contributed by atoms with Gasteiger partial charge in [0.1, 0.15) is 17.1 Å². The minimum Gasteiger partial charge on any atom is -0.508 e. The minimum absolute atomic E-state index is 0.0383. The first-order valence-corrected chi connectivity index (χ1v) is 17.2. The van der Waals surface area contributed by atoms with Gasteiger partial charge in [-0.25, -0.2) is 4.79 Å². The summed E-state index contributed by atoms with van der Waals surface area (Å²) >= 11 is 5.66. The zero-order valence-electron chi connectivity index (χ0n) is 27.4. The van der Waals surface area contributed by atoms with E-state index in [0.717, 1.165) is 32.1 Å². The fraction of sp³-hybridized carbons (Fsp3) is 0.405. The number of nitrogens with one attached hydrogen (secondary N) is 2. The second-order valence-electron chi connectivity index (χ2n) is 11.6. The Balaban J connectivity index is 1.23. The Kier molecular flexibility index (Phi) is 14.9. The predicted octanol–water partition coefficient (Wildman–Crippen LogP) is 6.21. The molecule has 4 N–H and O–H groups in total. The highest BCUT2D eigenvalue weighted by Crippen LogP contribution is 2.42. The van der Waals surface area contributed by atoms with Crippen LogP contribution in [-0.2, 0) is 14.3 Å². The molecule has 0 saturated heterocycles. The van der Waals surface area contributed by atoms with Gasteiger partial charge in [0.2, 0.25) is 5.91 Å². The molecule has 0 radical (unpaired) electrons. The molecule has 49 heavy (non-hydrogen) atoms. The Labute approximate surface area is 289 Å². The number of benzene rings is 3. The largest absolute Gasteiger partial charge is 0.508 e. The van der Waals surface area contributed by atoms with Gasteiger partial charge in [0.05, 0.1) is 25.4 Å². The summed E-state index contributed by atoms with van der Waals surface area (Å²) in [6.07, 6.45) is 6.72. The third-order valence-corrected chi connectivity index (χ3v) is 8.20. The molecule has 0 aromatic heterocycles. The van der Waals surface area contributed by atoms with Crippen LogP contribution in [0.4, 0.5) is 0 Å². The van der Waals surface area contributed by atoms with E-state index in [1.54, 1.807) is 12.1 Å². The Hall–Kier alpha value is -4.45. The highest BCUT2D eigenvalue weighted by Gasteiger charge is 2.23. The van der Waals surface area contributed by atoms with E-state index in [9.17, 15) is 29.4 Å². The second-order valence-corrected chi connectivity index (χ2v) is 12.0. The van der Waals surface area contributed by atoms with Gasteiger partial charge >= 0.3 is 5.97 Å². The molecular formula is C37H43ClN2O9. The Bertz CT molecular complexity index is 1740. The van der Waals surface area contributed by atoms with Crippen molar-refractivity contribution in [2.45, 2.75) is 51.4 Å². The molecular weight excluding hydrogens is 652 g/mol. The fourth-order valence-electron chi connectivity index (χ4n) is 5.44. The van der Waals surface area contributed by atoms with E-state index in [2.05, 4.69) is 10.6 Å². The molecule has 1 aliphatic heterocycles. The van der Waals surface area contributed by atoms with Crippen LogP contribution < -0.4 is 16.1 Å². The number of carboxylic acids is 1. The molecule has 2 aromatic carbocycles. The first-order valence-electron chi connectivity index (χ1n) is 16.6. The number of phenolic OH excluding ortho intramolecular Hbond substituents is 1. The maximum atomic E-state index is 13.1. The summed E-state index contributed by atoms with van der Waals surface area (Å²) in [7, 11) is 0. The number of unbranched alkanes of at least 4 members (excludes halogenated alkanes) is 5. The maximum Gasteiger partial charge on any atom is 0.336 e. The predicted molar refractivity (Wildman–Crippen MR) is 188 cm³/mol. The first kappa shape index (κ1) is 37.4. The van der Waals surface area contributed by atoms with Crippen molar-refractivity contribution in [1.29, 1.82) is 0 Å². The SMILES string of the molecule is O=C(CCCCCNC(=O)c1ccc(C(=O)O)c(-c2c3ccc(=O)cc-3oc3cc(O)ccc23)c1)NCCOCCOCCCCCCCl. The summed E-state index contributed by atoms with van der Waals surface area (Å²) in [4.78, 5) is 49.6. The third-order valence-electron chi connectivity index (χ3n) is 7.94. The quantitative estimate of drug-likeness (QED) is 0.0451. The second kappa shape index (κ2) is 19.5. The number of fused-ring (bicyclic) bond motifs is 2. The molecule has 4 rings (SSSR count). The van der Waals surface area contributed by atoms with Gasteiger partial charge in [-0.1, -0.05) is 19.3 Å². The van der Waals surface area contributed by atoms with Crippen LogP contribution in [0.5, 0.6) is 5.75 Å². The number of amides is 2. The summed E-state index contributed by atoms with van der Waals surface area (Å²) in [6.45, 7) is 2.96. The molecule has 0 bridgehead atoms. The van der Waals surface area contributed by atoms with Crippen molar-refractivity contribution in [3.8, 4) is 28.2 Å². The van der Waals surface area contributed by atoms with Crippen molar-refractivity contribution >= 4 is 40.4 Å². The molecule has 0 fully saturated rings. The average molecular weight is 695 g/mol. The van der Waals surface area contributed by atoms with Crippen molar-refractivity contribution in [3.05, 3.63) is 75.9 Å². The molecule has 12 heteroatoms. The van der Waals surface area contributed by atoms with E-state index in [-0.39, 0.29) is 51.0 Å². The fourth-order valence-corrected chi connectivity index (χ4v) is 5.63. The Morgan fingerprint density at radius 1 is 0.755 bits per heavy atom. The molecule has 2 amide bonds. The van der Waals surface area contributed by atoms with Crippen molar-refractivity contribution < 1.29 is 38.5 Å². The maximum absolute atomic E-state index is 13.1. The van der Waals surface area contributed by atoms with Crippen LogP contribution in [-0.4, -0.2) is 73.4 Å². The van der Waals surface area contributed by atoms with Crippen LogP contribution in [0.1, 0.15) is 72.1 Å². The highest BCUT2D eigenvalue weighted by atomic mass is 35.5. The summed E-state index contributed by atoms with van der Waals surface area (Å²) in [6, 6.07) is 13.0. The third kappa shape index (κ3) is 11.3. The van der Waals surface area contributed by atoms with Gasteiger partial charge < -0.3 is 34.7 Å². The Morgan fingerprint density at radius 2 is 1.53 bits per heavy atom. The summed E-state index contributed by atoms with van der Waals surface area (Å²) in [5.74, 6) is -0.759. The van der Waals surface area contributed by atoms with Gasteiger partial charge in [0, 0.05) is 66.2 Å². The first-order chi connectivity index (χ1) is 23.8. The van der Waals surface area contributed by atoms with E-state index < -0.39 is 5.97 Å². The number of aromatic hydroxyl groups is 1. The zero-order chi connectivity index (χ0) is 35.0. The lowest BCUT2D eigenvalue weighted by atomic mass is 9.89. The normalized spacial score (nSPS) is 11.2. The van der Waals surface area contributed by atoms with E-state index >= 15 is 0 Å². The smallest absolute Gasteiger partial charge is 0.336 e. The number of hydrogen-bond donors (Lipinski definition) is 4. The Morgan fingerprint density at radius 3 is 2.33 bits per heavy atom. The van der Waals surface area contributed by atoms with Gasteiger partial charge in [0.25, 0.3) is 5.91 Å². The van der Waals surface area contributed by atoms with Crippen molar-refractivity contribution in [1.82, 2.24) is 10.6 Å². The number of phenols is 1. The number of carboxylic acid groups (broad SMARTS) is 1. The van der Waals surface area contributed by atoms with Gasteiger partial charge in [-0.3, -0.25) is 14.4 Å². The minimum atomic E-state index is -1.19. The highest BCUT2D eigenvalue weighted by molar-refractivity contribution is 6.17. The molecule has 2 aliphatic rings. The van der Waals surface area contributed by atoms with Crippen LogP contribution in [0.15, 0.2) is 63.8 Å². The van der Waals surface area contributed by atoms with Gasteiger partial charge in [0.15, 0.2) is 5.43 Å². The molecule has 11 nitrogen and oxygen atoms in total. The molecule has 0 saturated carbocycles. The topological polar surface area (TPSA) is 164 Å². The lowest BCUT2D eigenvalue weighted by Crippen LogP contribution is -2.27. The van der Waals surface area contributed by atoms with E-state index in [0.29, 0.717) is 81.2 Å². The van der Waals surface area contributed by atoms with E-state index in [1.807, 2.05) is 0 Å². The van der Waals surface area contributed by atoms with Crippen molar-refractivity contribution in [2.75, 3.05) is 45.4 Å². The lowest BCUT2D eigenvalue weighted by Gasteiger charge is -2.17. The average Bonchev–Trinajstić information content (AvgIpc) is 3.08. The monoisotopic (exact) mass is 694 g/mol.